The number of ether oxygens (including phenoxy) is 1. The first-order valence-corrected chi connectivity index (χ1v) is 10.8. The lowest BCUT2D eigenvalue weighted by atomic mass is 10.2. The molecule has 1 aliphatic heterocycles. The number of H-pyrrole nitrogens is 1. The van der Waals surface area contributed by atoms with Gasteiger partial charge in [0, 0.05) is 32.1 Å². The van der Waals surface area contributed by atoms with E-state index >= 15 is 0 Å². The highest BCUT2D eigenvalue weighted by Gasteiger charge is 2.33. The van der Waals surface area contributed by atoms with Gasteiger partial charge in [0.15, 0.2) is 15.5 Å². The van der Waals surface area contributed by atoms with Crippen LogP contribution in [-0.4, -0.2) is 59.9 Å². The van der Waals surface area contributed by atoms with Crippen molar-refractivity contribution >= 4 is 21.0 Å². The number of imidazole rings is 1. The summed E-state index contributed by atoms with van der Waals surface area (Å²) < 4.78 is 43.2. The van der Waals surface area contributed by atoms with Crippen LogP contribution >= 0.6 is 0 Å². The van der Waals surface area contributed by atoms with Crippen LogP contribution in [0.4, 0.5) is 4.39 Å². The Morgan fingerprint density at radius 1 is 1.25 bits per heavy atom. The number of hydrogen-bond acceptors (Lipinski definition) is 6. The Morgan fingerprint density at radius 3 is 2.75 bits per heavy atom. The molecule has 0 unspecified atom stereocenters. The molecular weight excluding hydrogens is 383 g/mol. The van der Waals surface area contributed by atoms with E-state index in [-0.39, 0.29) is 18.0 Å². The van der Waals surface area contributed by atoms with Crippen molar-refractivity contribution in [3.05, 3.63) is 54.0 Å². The summed E-state index contributed by atoms with van der Waals surface area (Å²) in [7, 11) is -3.21. The fraction of sp³-hybridized carbons (Fsp3) is 0.368. The number of halogens is 1. The Bertz CT molecular complexity index is 1040. The Hall–Kier alpha value is -2.36. The molecule has 1 aliphatic rings. The van der Waals surface area contributed by atoms with E-state index in [1.165, 1.54) is 6.26 Å². The van der Waals surface area contributed by atoms with E-state index < -0.39 is 22.1 Å². The van der Waals surface area contributed by atoms with Crippen molar-refractivity contribution in [2.45, 2.75) is 30.3 Å². The molecule has 7 nitrogen and oxygen atoms in total. The molecule has 2 atom stereocenters. The number of nitrogens with zero attached hydrogens (tertiary/aromatic N) is 3. The van der Waals surface area contributed by atoms with Crippen molar-refractivity contribution in [3.63, 3.8) is 0 Å². The van der Waals surface area contributed by atoms with Gasteiger partial charge < -0.3 is 9.72 Å². The Kier molecular flexibility index (Phi) is 5.13. The fourth-order valence-corrected chi connectivity index (χ4v) is 3.97. The number of rotatable bonds is 6. The summed E-state index contributed by atoms with van der Waals surface area (Å²) in [4.78, 5) is 13.9. The molecule has 3 heterocycles. The molecule has 148 valence electrons. The maximum Gasteiger partial charge on any atom is 0.177 e. The third kappa shape index (κ3) is 4.21. The van der Waals surface area contributed by atoms with Gasteiger partial charge in [0.2, 0.25) is 0 Å². The first kappa shape index (κ1) is 19.0. The van der Waals surface area contributed by atoms with E-state index in [0.29, 0.717) is 24.6 Å². The average molecular weight is 404 g/mol. The number of aromatic nitrogens is 3. The quantitative estimate of drug-likeness (QED) is 0.677. The van der Waals surface area contributed by atoms with Crippen molar-refractivity contribution < 1.29 is 17.5 Å². The van der Waals surface area contributed by atoms with Crippen LogP contribution in [-0.2, 0) is 27.7 Å². The lowest BCUT2D eigenvalue weighted by molar-refractivity contribution is 0.00863. The van der Waals surface area contributed by atoms with Crippen LogP contribution in [0.1, 0.15) is 11.4 Å². The molecule has 1 saturated heterocycles. The molecule has 1 fully saturated rings. The lowest BCUT2D eigenvalue weighted by Gasteiger charge is -2.15. The topological polar surface area (TPSA) is 88.2 Å². The van der Waals surface area contributed by atoms with Crippen LogP contribution in [0.5, 0.6) is 0 Å². The second-order valence-electron chi connectivity index (χ2n) is 7.03. The van der Waals surface area contributed by atoms with Crippen LogP contribution in [0.15, 0.2) is 47.5 Å². The molecule has 0 spiro atoms. The first-order chi connectivity index (χ1) is 13.4. The number of pyridine rings is 1. The minimum Gasteiger partial charge on any atom is -0.366 e. The van der Waals surface area contributed by atoms with Gasteiger partial charge in [-0.05, 0) is 29.8 Å². The van der Waals surface area contributed by atoms with Crippen molar-refractivity contribution in [1.29, 1.82) is 0 Å². The number of likely N-dealkylation sites (tertiary alicyclic amines) is 1. The van der Waals surface area contributed by atoms with Crippen LogP contribution in [0.3, 0.4) is 0 Å². The van der Waals surface area contributed by atoms with E-state index in [1.54, 1.807) is 30.5 Å². The Morgan fingerprint density at radius 2 is 2.04 bits per heavy atom. The smallest absolute Gasteiger partial charge is 0.177 e. The second kappa shape index (κ2) is 7.57. The highest BCUT2D eigenvalue weighted by atomic mass is 32.2. The zero-order valence-corrected chi connectivity index (χ0v) is 16.2. The van der Waals surface area contributed by atoms with E-state index in [0.717, 1.165) is 11.1 Å². The summed E-state index contributed by atoms with van der Waals surface area (Å²) in [5.74, 6) is 0.621. The highest BCUT2D eigenvalue weighted by molar-refractivity contribution is 7.90. The highest BCUT2D eigenvalue weighted by Crippen LogP contribution is 2.21. The molecular formula is C19H21FN4O3S. The van der Waals surface area contributed by atoms with Gasteiger partial charge in [-0.25, -0.2) is 22.8 Å². The lowest BCUT2D eigenvalue weighted by Crippen LogP contribution is -2.24. The Labute approximate surface area is 162 Å². The summed E-state index contributed by atoms with van der Waals surface area (Å²) >= 11 is 0. The second-order valence-corrected chi connectivity index (χ2v) is 9.05. The molecule has 0 bridgehead atoms. The standard InChI is InChI=1S/C19H21FN4O3S/c1-28(25,26)14-6-4-13(5-7-14)9-24-10-15(20)17(11-24)27-12-18-22-16-3-2-8-21-19(16)23-18/h2-8,15,17H,9-12H2,1H3,(H,21,22,23)/t15-,17+/m1/s1. The molecule has 0 radical (unpaired) electrons. The van der Waals surface area contributed by atoms with Crippen molar-refractivity contribution in [3.8, 4) is 0 Å². The SMILES string of the molecule is CS(=O)(=O)c1ccc(CN2C[C@@H](F)[C@@H](OCc3nc4ncccc4[nH]3)C2)cc1. The van der Waals surface area contributed by atoms with Gasteiger partial charge in [-0.2, -0.15) is 0 Å². The number of benzene rings is 1. The molecule has 28 heavy (non-hydrogen) atoms. The molecule has 2 aromatic heterocycles. The van der Waals surface area contributed by atoms with Gasteiger partial charge in [-0.3, -0.25) is 4.90 Å². The number of aromatic amines is 1. The summed E-state index contributed by atoms with van der Waals surface area (Å²) in [5, 5.41) is 0. The number of alkyl halides is 1. The Balaban J connectivity index is 1.34. The van der Waals surface area contributed by atoms with Gasteiger partial charge in [0.05, 0.1) is 10.4 Å². The zero-order valence-electron chi connectivity index (χ0n) is 15.4. The summed E-state index contributed by atoms with van der Waals surface area (Å²) in [5.41, 5.74) is 2.37. The van der Waals surface area contributed by atoms with E-state index in [9.17, 15) is 12.8 Å². The van der Waals surface area contributed by atoms with Crippen molar-refractivity contribution in [2.75, 3.05) is 19.3 Å². The van der Waals surface area contributed by atoms with Crippen LogP contribution < -0.4 is 0 Å². The monoisotopic (exact) mass is 404 g/mol. The largest absolute Gasteiger partial charge is 0.366 e. The van der Waals surface area contributed by atoms with Crippen molar-refractivity contribution in [1.82, 2.24) is 19.9 Å². The first-order valence-electron chi connectivity index (χ1n) is 8.95. The summed E-state index contributed by atoms with van der Waals surface area (Å²) in [6, 6.07) is 10.4. The minimum absolute atomic E-state index is 0.193. The van der Waals surface area contributed by atoms with Gasteiger partial charge in [-0.15, -0.1) is 0 Å². The number of sulfone groups is 1. The number of fused-ring (bicyclic) bond motifs is 1. The van der Waals surface area contributed by atoms with Crippen LogP contribution in [0.2, 0.25) is 0 Å². The van der Waals surface area contributed by atoms with Gasteiger partial charge >= 0.3 is 0 Å². The number of nitrogens with one attached hydrogen (secondary N) is 1. The molecule has 1 aromatic carbocycles. The zero-order chi connectivity index (χ0) is 19.7. The maximum absolute atomic E-state index is 14.4. The van der Waals surface area contributed by atoms with E-state index in [4.69, 9.17) is 4.74 Å². The van der Waals surface area contributed by atoms with Crippen LogP contribution in [0, 0.1) is 0 Å². The van der Waals surface area contributed by atoms with Crippen LogP contribution in [0.25, 0.3) is 11.2 Å². The molecule has 3 aromatic rings. The third-order valence-electron chi connectivity index (χ3n) is 4.77. The molecule has 1 N–H and O–H groups in total. The molecule has 0 saturated carbocycles. The molecule has 0 aliphatic carbocycles. The molecule has 9 heteroatoms. The summed E-state index contributed by atoms with van der Waals surface area (Å²) in [6.45, 7) is 1.48. The predicted octanol–water partition coefficient (Wildman–Crippen LogP) is 2.10. The van der Waals surface area contributed by atoms with E-state index in [1.807, 2.05) is 17.0 Å². The van der Waals surface area contributed by atoms with Crippen molar-refractivity contribution in [2.24, 2.45) is 0 Å². The molecule has 4 rings (SSSR count). The maximum atomic E-state index is 14.4. The fourth-order valence-electron chi connectivity index (χ4n) is 3.34. The van der Waals surface area contributed by atoms with Gasteiger partial charge in [0.25, 0.3) is 0 Å². The average Bonchev–Trinajstić information content (AvgIpc) is 3.22. The van der Waals surface area contributed by atoms with E-state index in [2.05, 4.69) is 15.0 Å². The predicted molar refractivity (Wildman–Crippen MR) is 102 cm³/mol. The third-order valence-corrected chi connectivity index (χ3v) is 5.90. The number of hydrogen-bond donors (Lipinski definition) is 1. The normalized spacial score (nSPS) is 20.8. The summed E-state index contributed by atoms with van der Waals surface area (Å²) in [6.07, 6.45) is 1.23. The van der Waals surface area contributed by atoms with Gasteiger partial charge in [-0.1, -0.05) is 12.1 Å². The molecule has 0 amide bonds. The minimum atomic E-state index is -3.21. The van der Waals surface area contributed by atoms with Gasteiger partial charge in [0.1, 0.15) is 24.7 Å².